The highest BCUT2D eigenvalue weighted by molar-refractivity contribution is 7.80. The Hall–Kier alpha value is -1.16. The summed E-state index contributed by atoms with van der Waals surface area (Å²) >= 11 is 0. The lowest BCUT2D eigenvalue weighted by molar-refractivity contribution is -0.298. The van der Waals surface area contributed by atoms with Gasteiger partial charge in [0.25, 0.3) is 0 Å². The van der Waals surface area contributed by atoms with Gasteiger partial charge in [0.15, 0.2) is 6.29 Å². The molecule has 416 valence electrons. The van der Waals surface area contributed by atoms with E-state index in [1.54, 1.807) is 6.08 Å². The molecule has 70 heavy (non-hydrogen) atoms. The quantitative estimate of drug-likeness (QED) is 0.0193. The second-order valence-corrected chi connectivity index (χ2v) is 22.0. The highest BCUT2D eigenvalue weighted by Crippen LogP contribution is 2.26. The van der Waals surface area contributed by atoms with Gasteiger partial charge in [-0.05, 0) is 19.3 Å². The van der Waals surface area contributed by atoms with Gasteiger partial charge in [-0.3, -0.25) is 9.35 Å². The zero-order valence-electron chi connectivity index (χ0n) is 45.1. The lowest BCUT2D eigenvalue weighted by Gasteiger charge is -2.41. The van der Waals surface area contributed by atoms with Gasteiger partial charge < -0.3 is 35.2 Å². The van der Waals surface area contributed by atoms with E-state index in [-0.39, 0.29) is 18.9 Å². The van der Waals surface area contributed by atoms with Crippen LogP contribution in [0.5, 0.6) is 0 Å². The number of hydrogen-bond donors (Lipinski definition) is 6. The average molecular weight is 1020 g/mol. The summed E-state index contributed by atoms with van der Waals surface area (Å²) in [6.45, 7) is 3.44. The van der Waals surface area contributed by atoms with E-state index in [9.17, 15) is 38.2 Å². The Morgan fingerprint density at radius 3 is 1.24 bits per heavy atom. The fraction of sp³-hybridized carbons (Fsp3) is 0.947. The average Bonchev–Trinajstić information content (AvgIpc) is 3.33. The smallest absolute Gasteiger partial charge is 0.394 e. The lowest BCUT2D eigenvalue weighted by Crippen LogP contribution is -2.61. The SMILES string of the molecule is CCCCCCCCCCCCCCCCCCC/C=C/C(O)C(COC1OC(CO)C(O)C(OS(=O)(=O)O)C1O)NC(=O)CCCCCCCCCCCCCCCCCCCCCCCCCC. The summed E-state index contributed by atoms with van der Waals surface area (Å²) < 4.78 is 47.9. The predicted molar refractivity (Wildman–Crippen MR) is 287 cm³/mol. The zero-order chi connectivity index (χ0) is 51.2. The van der Waals surface area contributed by atoms with E-state index in [0.717, 1.165) is 38.5 Å². The first kappa shape index (κ1) is 66.9. The van der Waals surface area contributed by atoms with E-state index in [4.69, 9.17) is 9.47 Å². The third-order valence-electron chi connectivity index (χ3n) is 14.3. The second kappa shape index (κ2) is 47.5. The van der Waals surface area contributed by atoms with Crippen LogP contribution in [-0.4, -0.2) is 95.4 Å². The summed E-state index contributed by atoms with van der Waals surface area (Å²) in [5.74, 6) is -0.255. The zero-order valence-corrected chi connectivity index (χ0v) is 45.9. The monoisotopic (exact) mass is 1020 g/mol. The van der Waals surface area contributed by atoms with Crippen molar-refractivity contribution in [2.24, 2.45) is 0 Å². The van der Waals surface area contributed by atoms with Crippen LogP contribution >= 0.6 is 0 Å². The largest absolute Gasteiger partial charge is 0.397 e. The molecule has 1 amide bonds. The number of hydrogen-bond acceptors (Lipinski definition) is 10. The number of nitrogens with one attached hydrogen (secondary N) is 1. The minimum Gasteiger partial charge on any atom is -0.394 e. The molecule has 13 heteroatoms. The Morgan fingerprint density at radius 2 is 0.900 bits per heavy atom. The Balaban J connectivity index is 2.35. The molecule has 0 radical (unpaired) electrons. The first-order valence-corrected chi connectivity index (χ1v) is 30.9. The molecule has 1 aliphatic heterocycles. The van der Waals surface area contributed by atoms with E-state index in [2.05, 4.69) is 23.3 Å². The third kappa shape index (κ3) is 39.3. The molecule has 6 N–H and O–H groups in total. The van der Waals surface area contributed by atoms with E-state index in [1.165, 1.54) is 225 Å². The van der Waals surface area contributed by atoms with Gasteiger partial charge in [-0.1, -0.05) is 276 Å². The number of carbonyl (C=O) groups is 1. The first-order valence-electron chi connectivity index (χ1n) is 29.6. The molecular weight excluding hydrogens is 907 g/mol. The van der Waals surface area contributed by atoms with Crippen molar-refractivity contribution in [1.82, 2.24) is 5.32 Å². The minimum atomic E-state index is -5.09. The molecular formula is C57H111NO11S. The molecule has 1 rings (SSSR count). The van der Waals surface area contributed by atoms with Crippen LogP contribution < -0.4 is 5.32 Å². The predicted octanol–water partition coefficient (Wildman–Crippen LogP) is 13.8. The van der Waals surface area contributed by atoms with Crippen LogP contribution in [0, 0.1) is 0 Å². The molecule has 1 aliphatic rings. The van der Waals surface area contributed by atoms with Crippen molar-refractivity contribution in [1.29, 1.82) is 0 Å². The number of ether oxygens (including phenoxy) is 2. The maximum absolute atomic E-state index is 13.1. The Labute approximate surface area is 430 Å². The Morgan fingerprint density at radius 1 is 0.557 bits per heavy atom. The number of allylic oxidation sites excluding steroid dienone is 1. The molecule has 0 spiro atoms. The van der Waals surface area contributed by atoms with Crippen molar-refractivity contribution in [3.63, 3.8) is 0 Å². The van der Waals surface area contributed by atoms with E-state index in [0.29, 0.717) is 6.42 Å². The van der Waals surface area contributed by atoms with E-state index < -0.39 is 59.9 Å². The van der Waals surface area contributed by atoms with Gasteiger partial charge in [-0.25, -0.2) is 4.18 Å². The first-order chi connectivity index (χ1) is 34.0. The summed E-state index contributed by atoms with van der Waals surface area (Å²) in [6, 6.07) is -0.940. The summed E-state index contributed by atoms with van der Waals surface area (Å²) in [4.78, 5) is 13.1. The number of aliphatic hydroxyl groups excluding tert-OH is 4. The van der Waals surface area contributed by atoms with Gasteiger partial charge in [0.05, 0.1) is 25.4 Å². The molecule has 12 nitrogen and oxygen atoms in total. The van der Waals surface area contributed by atoms with Crippen molar-refractivity contribution in [2.45, 2.75) is 333 Å². The van der Waals surface area contributed by atoms with Gasteiger partial charge in [-0.2, -0.15) is 8.42 Å². The highest BCUT2D eigenvalue weighted by Gasteiger charge is 2.48. The van der Waals surface area contributed by atoms with Crippen LogP contribution in [0.2, 0.25) is 0 Å². The van der Waals surface area contributed by atoms with Crippen LogP contribution in [0.1, 0.15) is 290 Å². The molecule has 0 saturated carbocycles. The van der Waals surface area contributed by atoms with Crippen molar-refractivity contribution in [3.05, 3.63) is 12.2 Å². The number of amides is 1. The normalized spacial score (nSPS) is 19.6. The maximum Gasteiger partial charge on any atom is 0.397 e. The molecule has 0 aromatic rings. The summed E-state index contributed by atoms with van der Waals surface area (Å²) in [5, 5.41) is 45.0. The molecule has 0 aliphatic carbocycles. The summed E-state index contributed by atoms with van der Waals surface area (Å²) in [5.41, 5.74) is 0. The molecule has 0 aromatic carbocycles. The number of carbonyl (C=O) groups excluding carboxylic acids is 1. The van der Waals surface area contributed by atoms with E-state index >= 15 is 0 Å². The second-order valence-electron chi connectivity index (χ2n) is 20.9. The molecule has 1 saturated heterocycles. The van der Waals surface area contributed by atoms with Crippen LogP contribution in [0.4, 0.5) is 0 Å². The maximum atomic E-state index is 13.1. The van der Waals surface area contributed by atoms with Crippen molar-refractivity contribution >= 4 is 16.3 Å². The molecule has 7 unspecified atom stereocenters. The molecule has 1 heterocycles. The van der Waals surface area contributed by atoms with Gasteiger partial charge in [0.1, 0.15) is 24.4 Å². The van der Waals surface area contributed by atoms with E-state index in [1.807, 2.05) is 6.08 Å². The van der Waals surface area contributed by atoms with Gasteiger partial charge in [0, 0.05) is 6.42 Å². The standard InChI is InChI=1S/C57H111NO11S/c1-3-5-7-9-11-13-15-17-19-21-23-24-25-26-27-29-31-33-35-37-39-41-43-45-47-53(61)58-50(49-67-57-55(63)56(69-70(64,65)66)54(62)52(48-59)68-57)51(60)46-44-42-40-38-36-34-32-30-28-22-20-18-16-14-12-10-8-6-4-2/h44,46,50-52,54-57,59-60,62-63H,3-43,45,47-49H2,1-2H3,(H,58,61)(H,64,65,66)/b46-44+. The van der Waals surface area contributed by atoms with Gasteiger partial charge in [0.2, 0.25) is 5.91 Å². The fourth-order valence-electron chi connectivity index (χ4n) is 9.75. The Bertz CT molecular complexity index is 1290. The Kier molecular flexibility index (Phi) is 45.4. The van der Waals surface area contributed by atoms with Crippen LogP contribution in [-0.2, 0) is 28.9 Å². The number of unbranched alkanes of at least 4 members (excludes halogenated alkanes) is 40. The van der Waals surface area contributed by atoms with Crippen molar-refractivity contribution < 1.29 is 51.8 Å². The molecule has 7 atom stereocenters. The van der Waals surface area contributed by atoms with Crippen molar-refractivity contribution in [2.75, 3.05) is 13.2 Å². The number of aliphatic hydroxyl groups is 4. The topological polar surface area (TPSA) is 192 Å². The number of rotatable bonds is 52. The molecule has 0 bridgehead atoms. The highest BCUT2D eigenvalue weighted by atomic mass is 32.3. The van der Waals surface area contributed by atoms with Crippen LogP contribution in [0.25, 0.3) is 0 Å². The molecule has 0 aromatic heterocycles. The minimum absolute atomic E-state index is 0.255. The van der Waals surface area contributed by atoms with Gasteiger partial charge in [-0.15, -0.1) is 0 Å². The summed E-state index contributed by atoms with van der Waals surface area (Å²) in [7, 11) is -5.09. The lowest BCUT2D eigenvalue weighted by atomic mass is 9.99. The third-order valence-corrected chi connectivity index (χ3v) is 14.8. The van der Waals surface area contributed by atoms with Crippen LogP contribution in [0.3, 0.4) is 0 Å². The van der Waals surface area contributed by atoms with Crippen molar-refractivity contribution in [3.8, 4) is 0 Å². The van der Waals surface area contributed by atoms with Crippen LogP contribution in [0.15, 0.2) is 12.2 Å². The summed E-state index contributed by atoms with van der Waals surface area (Å²) in [6.07, 6.45) is 48.3. The fourth-order valence-corrected chi connectivity index (χ4v) is 10.3. The molecule has 1 fully saturated rings. The van der Waals surface area contributed by atoms with Gasteiger partial charge >= 0.3 is 10.4 Å².